The highest BCUT2D eigenvalue weighted by molar-refractivity contribution is 6.41. The molecule has 0 aromatic rings. The van der Waals surface area contributed by atoms with Gasteiger partial charge in [-0.2, -0.15) is 0 Å². The smallest absolute Gasteiger partial charge is 0.121 e. The van der Waals surface area contributed by atoms with Gasteiger partial charge in [-0.25, -0.2) is 0 Å². The van der Waals surface area contributed by atoms with E-state index in [2.05, 4.69) is 33.4 Å². The fourth-order valence-electron chi connectivity index (χ4n) is 1.72. The van der Waals surface area contributed by atoms with E-state index in [0.29, 0.717) is 5.31 Å². The zero-order valence-electron chi connectivity index (χ0n) is 7.98. The minimum atomic E-state index is 0.405. The highest BCUT2D eigenvalue weighted by Crippen LogP contribution is 2.30. The predicted octanol–water partition coefficient (Wildman–Crippen LogP) is 2.08. The Bertz CT molecular complexity index is 111. The van der Waals surface area contributed by atoms with E-state index in [9.17, 15) is 0 Å². The third-order valence-corrected chi connectivity index (χ3v) is 2.12. The van der Waals surface area contributed by atoms with Crippen LogP contribution in [-0.4, -0.2) is 20.4 Å². The lowest BCUT2D eigenvalue weighted by Crippen LogP contribution is -2.29. The molecule has 1 rings (SSSR count). The van der Waals surface area contributed by atoms with Gasteiger partial charge in [-0.3, -0.25) is 0 Å². The van der Waals surface area contributed by atoms with E-state index < -0.39 is 0 Å². The molecular formula is C9H19BN. The van der Waals surface area contributed by atoms with Crippen molar-refractivity contribution in [2.75, 3.05) is 13.1 Å². The molecule has 0 bridgehead atoms. The summed E-state index contributed by atoms with van der Waals surface area (Å²) >= 11 is 0. The van der Waals surface area contributed by atoms with Crippen molar-refractivity contribution in [3.05, 3.63) is 0 Å². The minimum absolute atomic E-state index is 0.405. The molecule has 0 aliphatic carbocycles. The topological polar surface area (TPSA) is 12.0 Å². The summed E-state index contributed by atoms with van der Waals surface area (Å²) in [6.45, 7) is 9.27. The molecule has 0 atom stereocenters. The molecule has 1 radical (unpaired) electrons. The van der Waals surface area contributed by atoms with Crippen LogP contribution in [0.2, 0.25) is 11.1 Å². The van der Waals surface area contributed by atoms with E-state index in [1.807, 2.05) is 0 Å². The molecule has 1 saturated heterocycles. The number of nitrogens with one attached hydrogen (secondary N) is 1. The van der Waals surface area contributed by atoms with Gasteiger partial charge in [-0.05, 0) is 25.9 Å². The number of hydrogen-bond acceptors (Lipinski definition) is 1. The normalized spacial score (nSPS) is 21.7. The molecule has 0 amide bonds. The molecule has 0 unspecified atom stereocenters. The highest BCUT2D eigenvalue weighted by Gasteiger charge is 2.21. The first kappa shape index (κ1) is 9.12. The average Bonchev–Trinajstić information content (AvgIpc) is 1.85. The Morgan fingerprint density at radius 2 is 1.73 bits per heavy atom. The Kier molecular flexibility index (Phi) is 3.00. The molecule has 1 aliphatic rings. The fraction of sp³-hybridized carbons (Fsp3) is 1.00. The van der Waals surface area contributed by atoms with Crippen LogP contribution in [0.3, 0.4) is 0 Å². The van der Waals surface area contributed by atoms with Crippen molar-refractivity contribution >= 4 is 7.28 Å². The summed E-state index contributed by atoms with van der Waals surface area (Å²) in [5, 5.41) is 3.79. The van der Waals surface area contributed by atoms with E-state index >= 15 is 0 Å². The summed E-state index contributed by atoms with van der Waals surface area (Å²) in [6.07, 6.45) is 2.66. The summed E-state index contributed by atoms with van der Waals surface area (Å²) in [5.41, 5.74) is 0. The molecule has 1 fully saturated rings. The standard InChI is InChI=1S/C9H19BN/c1-9(2,3)10-8-4-6-11-7-5-8/h8,11H,4-7H2,1-3H3. The molecule has 0 aromatic heterocycles. The molecule has 2 heteroatoms. The van der Waals surface area contributed by atoms with Gasteiger partial charge in [0.25, 0.3) is 0 Å². The molecule has 1 N–H and O–H groups in total. The van der Waals surface area contributed by atoms with E-state index in [0.717, 1.165) is 5.82 Å². The van der Waals surface area contributed by atoms with Crippen LogP contribution in [0.25, 0.3) is 0 Å². The van der Waals surface area contributed by atoms with Gasteiger partial charge < -0.3 is 5.32 Å². The van der Waals surface area contributed by atoms with Gasteiger partial charge >= 0.3 is 0 Å². The van der Waals surface area contributed by atoms with Crippen LogP contribution in [0.1, 0.15) is 33.6 Å². The first-order valence-corrected chi connectivity index (χ1v) is 4.65. The summed E-state index contributed by atoms with van der Waals surface area (Å²) in [7, 11) is 2.51. The second-order valence-electron chi connectivity index (χ2n) is 4.62. The lowest BCUT2D eigenvalue weighted by Gasteiger charge is -2.28. The zero-order chi connectivity index (χ0) is 8.32. The quantitative estimate of drug-likeness (QED) is 0.567. The fourth-order valence-corrected chi connectivity index (χ4v) is 1.72. The monoisotopic (exact) mass is 152 g/mol. The van der Waals surface area contributed by atoms with E-state index in [1.165, 1.54) is 25.9 Å². The average molecular weight is 152 g/mol. The minimum Gasteiger partial charge on any atom is -0.317 e. The zero-order valence-corrected chi connectivity index (χ0v) is 7.98. The first-order chi connectivity index (χ1) is 5.08. The van der Waals surface area contributed by atoms with Crippen molar-refractivity contribution in [2.24, 2.45) is 0 Å². The van der Waals surface area contributed by atoms with Crippen LogP contribution in [0.5, 0.6) is 0 Å². The maximum Gasteiger partial charge on any atom is 0.121 e. The molecule has 0 spiro atoms. The molecule has 0 saturated carbocycles. The molecule has 63 valence electrons. The molecule has 11 heavy (non-hydrogen) atoms. The second kappa shape index (κ2) is 3.62. The largest absolute Gasteiger partial charge is 0.317 e. The summed E-state index contributed by atoms with van der Waals surface area (Å²) in [4.78, 5) is 0. The Morgan fingerprint density at radius 1 is 1.18 bits per heavy atom. The van der Waals surface area contributed by atoms with E-state index in [-0.39, 0.29) is 0 Å². The number of piperidine rings is 1. The van der Waals surface area contributed by atoms with Crippen LogP contribution in [0.15, 0.2) is 0 Å². The van der Waals surface area contributed by atoms with Gasteiger partial charge in [-0.1, -0.05) is 31.9 Å². The van der Waals surface area contributed by atoms with Crippen molar-refractivity contribution in [2.45, 2.75) is 44.7 Å². The third-order valence-electron chi connectivity index (χ3n) is 2.12. The predicted molar refractivity (Wildman–Crippen MR) is 51.3 cm³/mol. The Morgan fingerprint density at radius 3 is 2.18 bits per heavy atom. The first-order valence-electron chi connectivity index (χ1n) is 4.65. The maximum absolute atomic E-state index is 3.38. The Labute approximate surface area is 71.2 Å². The lowest BCUT2D eigenvalue weighted by atomic mass is 9.46. The van der Waals surface area contributed by atoms with Crippen molar-refractivity contribution in [1.29, 1.82) is 0 Å². The van der Waals surface area contributed by atoms with Gasteiger partial charge in [0.1, 0.15) is 7.28 Å². The SMILES string of the molecule is CC(C)(C)[B]C1CCNCC1. The van der Waals surface area contributed by atoms with Gasteiger partial charge in [0.15, 0.2) is 0 Å². The van der Waals surface area contributed by atoms with Crippen LogP contribution >= 0.6 is 0 Å². The third kappa shape index (κ3) is 3.81. The van der Waals surface area contributed by atoms with Crippen molar-refractivity contribution in [3.8, 4) is 0 Å². The molecule has 0 aromatic carbocycles. The van der Waals surface area contributed by atoms with Gasteiger partial charge in [0, 0.05) is 0 Å². The summed E-state index contributed by atoms with van der Waals surface area (Å²) in [6, 6.07) is 0. The molecule has 1 aliphatic heterocycles. The number of rotatable bonds is 1. The highest BCUT2D eigenvalue weighted by atomic mass is 14.9. The van der Waals surface area contributed by atoms with Crippen molar-refractivity contribution < 1.29 is 0 Å². The van der Waals surface area contributed by atoms with Crippen molar-refractivity contribution in [3.63, 3.8) is 0 Å². The van der Waals surface area contributed by atoms with Crippen LogP contribution in [0.4, 0.5) is 0 Å². The lowest BCUT2D eigenvalue weighted by molar-refractivity contribution is 0.508. The number of hydrogen-bond donors (Lipinski definition) is 1. The molecular weight excluding hydrogens is 133 g/mol. The molecule has 1 heterocycles. The van der Waals surface area contributed by atoms with Gasteiger partial charge in [-0.15, -0.1) is 0 Å². The van der Waals surface area contributed by atoms with Crippen LogP contribution in [0, 0.1) is 0 Å². The Balaban J connectivity index is 2.24. The van der Waals surface area contributed by atoms with Crippen molar-refractivity contribution in [1.82, 2.24) is 5.32 Å². The van der Waals surface area contributed by atoms with Gasteiger partial charge in [0.05, 0.1) is 0 Å². The van der Waals surface area contributed by atoms with Gasteiger partial charge in [0.2, 0.25) is 0 Å². The van der Waals surface area contributed by atoms with Crippen LogP contribution in [-0.2, 0) is 0 Å². The second-order valence-corrected chi connectivity index (χ2v) is 4.62. The van der Waals surface area contributed by atoms with E-state index in [1.54, 1.807) is 0 Å². The molecule has 1 nitrogen and oxygen atoms in total. The summed E-state index contributed by atoms with van der Waals surface area (Å²) in [5.74, 6) is 0.858. The maximum atomic E-state index is 3.38. The van der Waals surface area contributed by atoms with E-state index in [4.69, 9.17) is 0 Å². The Hall–Kier alpha value is 0.0249. The summed E-state index contributed by atoms with van der Waals surface area (Å²) < 4.78 is 0. The van der Waals surface area contributed by atoms with Crippen LogP contribution < -0.4 is 5.32 Å².